The highest BCUT2D eigenvalue weighted by Gasteiger charge is 2.27. The van der Waals surface area contributed by atoms with E-state index in [9.17, 15) is 0 Å². The Labute approximate surface area is 156 Å². The van der Waals surface area contributed by atoms with Crippen molar-refractivity contribution in [1.82, 2.24) is 24.6 Å². The number of rotatable bonds is 5. The molecule has 0 aromatic carbocycles. The molecule has 26 heavy (non-hydrogen) atoms. The molecule has 0 radical (unpaired) electrons. The van der Waals surface area contributed by atoms with Crippen LogP contribution in [-0.4, -0.2) is 57.4 Å². The monoisotopic (exact) mass is 356 g/mol. The highest BCUT2D eigenvalue weighted by atomic mass is 15.3. The van der Waals surface area contributed by atoms with Crippen molar-refractivity contribution in [2.24, 2.45) is 13.0 Å². The molecule has 1 aliphatic heterocycles. The maximum absolute atomic E-state index is 5.04. The van der Waals surface area contributed by atoms with E-state index in [-0.39, 0.29) is 0 Å². The van der Waals surface area contributed by atoms with E-state index in [1.165, 1.54) is 45.2 Å². The number of hydrogen-bond acceptors (Lipinski definition) is 5. The van der Waals surface area contributed by atoms with Crippen molar-refractivity contribution in [3.05, 3.63) is 12.0 Å². The Bertz CT molecular complexity index is 761. The molecule has 0 spiro atoms. The predicted octanol–water partition coefficient (Wildman–Crippen LogP) is 3.19. The highest BCUT2D eigenvalue weighted by molar-refractivity contribution is 5.86. The summed E-state index contributed by atoms with van der Waals surface area (Å²) in [7, 11) is 4.17. The molecule has 4 rings (SSSR count). The van der Waals surface area contributed by atoms with Gasteiger partial charge in [0.25, 0.3) is 0 Å². The van der Waals surface area contributed by atoms with Crippen LogP contribution in [0, 0.1) is 5.92 Å². The fourth-order valence-electron chi connectivity index (χ4n) is 4.64. The van der Waals surface area contributed by atoms with E-state index in [2.05, 4.69) is 35.8 Å². The van der Waals surface area contributed by atoms with E-state index >= 15 is 0 Å². The molecule has 1 unspecified atom stereocenters. The Morgan fingerprint density at radius 2 is 1.96 bits per heavy atom. The number of nitrogens with zero attached hydrogens (tertiary/aromatic N) is 6. The molecule has 2 aromatic heterocycles. The van der Waals surface area contributed by atoms with Gasteiger partial charge >= 0.3 is 0 Å². The molecule has 0 bridgehead atoms. The van der Waals surface area contributed by atoms with E-state index < -0.39 is 0 Å². The molecule has 1 atom stereocenters. The van der Waals surface area contributed by atoms with Gasteiger partial charge in [-0.1, -0.05) is 12.8 Å². The fourth-order valence-corrected chi connectivity index (χ4v) is 4.64. The first-order valence-electron chi connectivity index (χ1n) is 10.2. The van der Waals surface area contributed by atoms with Crippen LogP contribution in [0.15, 0.2) is 6.20 Å². The van der Waals surface area contributed by atoms with Crippen LogP contribution in [0.25, 0.3) is 11.0 Å². The first-order valence-corrected chi connectivity index (χ1v) is 10.2. The maximum Gasteiger partial charge on any atom is 0.163 e. The van der Waals surface area contributed by atoms with Crippen LogP contribution < -0.4 is 4.90 Å². The van der Waals surface area contributed by atoms with E-state index in [1.54, 1.807) is 0 Å². The third-order valence-electron chi connectivity index (χ3n) is 6.25. The van der Waals surface area contributed by atoms with Gasteiger partial charge in [0.2, 0.25) is 0 Å². The van der Waals surface area contributed by atoms with Gasteiger partial charge in [-0.2, -0.15) is 5.10 Å². The van der Waals surface area contributed by atoms with Gasteiger partial charge < -0.3 is 9.80 Å². The van der Waals surface area contributed by atoms with Crippen LogP contribution in [0.3, 0.4) is 0 Å². The predicted molar refractivity (Wildman–Crippen MR) is 106 cm³/mol. The summed E-state index contributed by atoms with van der Waals surface area (Å²) in [5.74, 6) is 3.31. The smallest absolute Gasteiger partial charge is 0.163 e. The third kappa shape index (κ3) is 3.31. The highest BCUT2D eigenvalue weighted by Crippen LogP contribution is 2.35. The summed E-state index contributed by atoms with van der Waals surface area (Å²) in [6.45, 7) is 8.05. The fraction of sp³-hybridized carbons (Fsp3) is 0.750. The number of aryl methyl sites for hydroxylation is 1. The first-order chi connectivity index (χ1) is 12.5. The Kier molecular flexibility index (Phi) is 4.86. The molecule has 0 amide bonds. The van der Waals surface area contributed by atoms with Crippen LogP contribution in [-0.2, 0) is 7.05 Å². The second-order valence-electron chi connectivity index (χ2n) is 8.52. The lowest BCUT2D eigenvalue weighted by atomic mass is 10.1. The Balaban J connectivity index is 1.60. The summed E-state index contributed by atoms with van der Waals surface area (Å²) >= 11 is 0. The number of anilines is 1. The molecule has 6 nitrogen and oxygen atoms in total. The van der Waals surface area contributed by atoms with Crippen molar-refractivity contribution < 1.29 is 0 Å². The summed E-state index contributed by atoms with van der Waals surface area (Å²) in [5.41, 5.74) is 0.971. The minimum atomic E-state index is 0.518. The van der Waals surface area contributed by atoms with Crippen molar-refractivity contribution in [3.8, 4) is 0 Å². The van der Waals surface area contributed by atoms with Crippen LogP contribution in [0.1, 0.15) is 57.7 Å². The Hall–Kier alpha value is -1.69. The molecule has 6 heteroatoms. The van der Waals surface area contributed by atoms with Crippen molar-refractivity contribution in [2.75, 3.05) is 31.6 Å². The van der Waals surface area contributed by atoms with Gasteiger partial charge in [0.1, 0.15) is 11.6 Å². The topological polar surface area (TPSA) is 50.1 Å². The summed E-state index contributed by atoms with van der Waals surface area (Å²) in [5, 5.41) is 5.53. The lowest BCUT2D eigenvalue weighted by molar-refractivity contribution is 0.265. The molecule has 2 aliphatic rings. The van der Waals surface area contributed by atoms with Gasteiger partial charge in [0.05, 0.1) is 11.6 Å². The SMILES string of the molecule is CC(C)N1CCC(CN(C)c2nc(C3CCCC3)nc3c2cnn3C)C1. The van der Waals surface area contributed by atoms with Gasteiger partial charge in [-0.15, -0.1) is 0 Å². The number of aromatic nitrogens is 4. The lowest BCUT2D eigenvalue weighted by Gasteiger charge is -2.25. The average molecular weight is 357 g/mol. The molecule has 142 valence electrons. The van der Waals surface area contributed by atoms with Crippen molar-refractivity contribution in [1.29, 1.82) is 0 Å². The number of fused-ring (bicyclic) bond motifs is 1. The standard InChI is InChI=1S/C20H32N6/c1-14(2)26-10-9-15(13-26)12-24(3)19-17-11-21-25(4)20(17)23-18(22-19)16-7-5-6-8-16/h11,14-16H,5-10,12-13H2,1-4H3. The van der Waals surface area contributed by atoms with Crippen molar-refractivity contribution >= 4 is 16.9 Å². The molecule has 2 fully saturated rings. The van der Waals surface area contributed by atoms with Crippen LogP contribution in [0.5, 0.6) is 0 Å². The normalized spacial score (nSPS) is 22.1. The molecule has 1 saturated heterocycles. The molecule has 1 saturated carbocycles. The lowest BCUT2D eigenvalue weighted by Crippen LogP contribution is -2.32. The zero-order chi connectivity index (χ0) is 18.3. The quantitative estimate of drug-likeness (QED) is 0.823. The van der Waals surface area contributed by atoms with E-state index in [1.807, 2.05) is 17.9 Å². The van der Waals surface area contributed by atoms with Crippen LogP contribution in [0.4, 0.5) is 5.82 Å². The summed E-state index contributed by atoms with van der Waals surface area (Å²) in [6, 6.07) is 0.642. The third-order valence-corrected chi connectivity index (χ3v) is 6.25. The first kappa shape index (κ1) is 17.7. The molecule has 1 aliphatic carbocycles. The Morgan fingerprint density at radius 3 is 2.65 bits per heavy atom. The summed E-state index contributed by atoms with van der Waals surface area (Å²) < 4.78 is 1.89. The minimum Gasteiger partial charge on any atom is -0.359 e. The molecule has 2 aromatic rings. The minimum absolute atomic E-state index is 0.518. The second-order valence-corrected chi connectivity index (χ2v) is 8.52. The van der Waals surface area contributed by atoms with Gasteiger partial charge in [-0.3, -0.25) is 4.68 Å². The van der Waals surface area contributed by atoms with E-state index in [0.717, 1.165) is 29.2 Å². The molecular formula is C20H32N6. The molecule has 3 heterocycles. The van der Waals surface area contributed by atoms with Gasteiger partial charge in [-0.05, 0) is 45.6 Å². The number of hydrogen-bond donors (Lipinski definition) is 0. The maximum atomic E-state index is 5.04. The molecule has 0 N–H and O–H groups in total. The van der Waals surface area contributed by atoms with Gasteiger partial charge in [-0.25, -0.2) is 9.97 Å². The zero-order valence-electron chi connectivity index (χ0n) is 16.6. The Morgan fingerprint density at radius 1 is 1.19 bits per heavy atom. The van der Waals surface area contributed by atoms with Crippen LogP contribution in [0.2, 0.25) is 0 Å². The average Bonchev–Trinajstić information content (AvgIpc) is 3.35. The van der Waals surface area contributed by atoms with E-state index in [4.69, 9.17) is 9.97 Å². The van der Waals surface area contributed by atoms with Crippen molar-refractivity contribution in [3.63, 3.8) is 0 Å². The zero-order valence-corrected chi connectivity index (χ0v) is 16.6. The summed E-state index contributed by atoms with van der Waals surface area (Å²) in [6.07, 6.45) is 8.25. The van der Waals surface area contributed by atoms with Crippen LogP contribution >= 0.6 is 0 Å². The van der Waals surface area contributed by atoms with Gasteiger partial charge in [0.15, 0.2) is 5.65 Å². The summed E-state index contributed by atoms with van der Waals surface area (Å²) in [4.78, 5) is 14.9. The number of likely N-dealkylation sites (tertiary alicyclic amines) is 1. The van der Waals surface area contributed by atoms with E-state index in [0.29, 0.717) is 17.9 Å². The largest absolute Gasteiger partial charge is 0.359 e. The van der Waals surface area contributed by atoms with Crippen molar-refractivity contribution in [2.45, 2.75) is 57.9 Å². The van der Waals surface area contributed by atoms with Gasteiger partial charge in [0, 0.05) is 39.1 Å². The second kappa shape index (κ2) is 7.14. The molecular weight excluding hydrogens is 324 g/mol.